The Kier molecular flexibility index (Phi) is 6.06. The minimum absolute atomic E-state index is 0.0230. The molecule has 0 radical (unpaired) electrons. The lowest BCUT2D eigenvalue weighted by Crippen LogP contribution is -2.45. The number of anilines is 1. The second kappa shape index (κ2) is 8.69. The monoisotopic (exact) mass is 413 g/mol. The molecule has 0 bridgehead atoms. The molecule has 3 N–H and O–H groups in total. The van der Waals surface area contributed by atoms with Crippen molar-refractivity contribution >= 4 is 11.7 Å². The summed E-state index contributed by atoms with van der Waals surface area (Å²) in [6, 6.07) is 14.5. The molecule has 0 aliphatic rings. The summed E-state index contributed by atoms with van der Waals surface area (Å²) in [5.74, 6) is -0.787. The fraction of sp³-hybridized carbons (Fsp3) is 0.190. The van der Waals surface area contributed by atoms with Crippen molar-refractivity contribution in [3.63, 3.8) is 0 Å². The molecule has 1 unspecified atom stereocenters. The SMILES string of the molecule is N#Cc1cnn(-c2cccc(C(=O)NC(CCc3ccccc3)C(F)(F)F)c2)c1N. The van der Waals surface area contributed by atoms with Gasteiger partial charge < -0.3 is 11.1 Å². The molecule has 3 rings (SSSR count). The van der Waals surface area contributed by atoms with E-state index in [1.807, 2.05) is 6.07 Å². The minimum Gasteiger partial charge on any atom is -0.382 e. The third-order valence-electron chi connectivity index (χ3n) is 4.54. The molecule has 0 spiro atoms. The molecule has 30 heavy (non-hydrogen) atoms. The van der Waals surface area contributed by atoms with Crippen molar-refractivity contribution in [2.75, 3.05) is 5.73 Å². The lowest BCUT2D eigenvalue weighted by molar-refractivity contribution is -0.154. The first-order valence-electron chi connectivity index (χ1n) is 9.05. The summed E-state index contributed by atoms with van der Waals surface area (Å²) >= 11 is 0. The van der Waals surface area contributed by atoms with Crippen LogP contribution >= 0.6 is 0 Å². The first kappa shape index (κ1) is 20.9. The van der Waals surface area contributed by atoms with Crippen LogP contribution in [0, 0.1) is 11.3 Å². The van der Waals surface area contributed by atoms with E-state index in [0.29, 0.717) is 5.69 Å². The third-order valence-corrected chi connectivity index (χ3v) is 4.54. The Labute approximate surface area is 170 Å². The van der Waals surface area contributed by atoms with Crippen LogP contribution in [-0.4, -0.2) is 27.9 Å². The number of aromatic nitrogens is 2. The van der Waals surface area contributed by atoms with Gasteiger partial charge in [0.25, 0.3) is 5.91 Å². The molecular formula is C21H18F3N5O. The average molecular weight is 413 g/mol. The predicted octanol–water partition coefficient (Wildman–Crippen LogP) is 3.62. The highest BCUT2D eigenvalue weighted by molar-refractivity contribution is 5.95. The van der Waals surface area contributed by atoms with Crippen LogP contribution in [0.3, 0.4) is 0 Å². The molecule has 1 amide bonds. The maximum Gasteiger partial charge on any atom is 0.408 e. The largest absolute Gasteiger partial charge is 0.408 e. The van der Waals surface area contributed by atoms with Gasteiger partial charge in [0.05, 0.1) is 11.9 Å². The number of carbonyl (C=O) groups is 1. The van der Waals surface area contributed by atoms with E-state index < -0.39 is 18.1 Å². The summed E-state index contributed by atoms with van der Waals surface area (Å²) in [5.41, 5.74) is 7.12. The van der Waals surface area contributed by atoms with Gasteiger partial charge in [-0.2, -0.15) is 23.5 Å². The number of nitrogens with zero attached hydrogens (tertiary/aromatic N) is 3. The third kappa shape index (κ3) is 4.78. The van der Waals surface area contributed by atoms with Crippen LogP contribution in [0.15, 0.2) is 60.8 Å². The average Bonchev–Trinajstić information content (AvgIpc) is 3.11. The highest BCUT2D eigenvalue weighted by Gasteiger charge is 2.40. The lowest BCUT2D eigenvalue weighted by Gasteiger charge is -2.22. The number of hydrogen-bond donors (Lipinski definition) is 2. The summed E-state index contributed by atoms with van der Waals surface area (Å²) in [7, 11) is 0. The smallest absolute Gasteiger partial charge is 0.382 e. The van der Waals surface area contributed by atoms with Crippen LogP contribution < -0.4 is 11.1 Å². The van der Waals surface area contributed by atoms with Gasteiger partial charge in [-0.3, -0.25) is 4.79 Å². The Balaban J connectivity index is 1.77. The van der Waals surface area contributed by atoms with Crippen LogP contribution in [0.5, 0.6) is 0 Å². The van der Waals surface area contributed by atoms with Crippen LogP contribution in [0.2, 0.25) is 0 Å². The summed E-state index contributed by atoms with van der Waals surface area (Å²) in [5, 5.41) is 15.0. The van der Waals surface area contributed by atoms with Gasteiger partial charge in [-0.15, -0.1) is 0 Å². The van der Waals surface area contributed by atoms with Crippen LogP contribution in [0.1, 0.15) is 27.9 Å². The summed E-state index contributed by atoms with van der Waals surface area (Å²) in [4.78, 5) is 12.5. The van der Waals surface area contributed by atoms with Crippen molar-refractivity contribution in [1.82, 2.24) is 15.1 Å². The minimum atomic E-state index is -4.59. The zero-order valence-corrected chi connectivity index (χ0v) is 15.7. The topological polar surface area (TPSA) is 96.7 Å². The van der Waals surface area contributed by atoms with Crippen LogP contribution in [-0.2, 0) is 6.42 Å². The maximum atomic E-state index is 13.5. The van der Waals surface area contributed by atoms with Gasteiger partial charge in [0.15, 0.2) is 0 Å². The van der Waals surface area contributed by atoms with Gasteiger partial charge in [0.2, 0.25) is 0 Å². The van der Waals surface area contributed by atoms with E-state index in [4.69, 9.17) is 11.0 Å². The van der Waals surface area contributed by atoms with Crippen molar-refractivity contribution < 1.29 is 18.0 Å². The van der Waals surface area contributed by atoms with E-state index in [1.165, 1.54) is 29.1 Å². The molecule has 2 aromatic carbocycles. The highest BCUT2D eigenvalue weighted by atomic mass is 19.4. The molecule has 0 aliphatic carbocycles. The number of benzene rings is 2. The van der Waals surface area contributed by atoms with E-state index in [1.54, 1.807) is 36.4 Å². The Morgan fingerprint density at radius 1 is 1.20 bits per heavy atom. The number of nitrogen functional groups attached to an aromatic ring is 1. The van der Waals surface area contributed by atoms with Gasteiger partial charge in [-0.1, -0.05) is 36.4 Å². The number of amides is 1. The van der Waals surface area contributed by atoms with Gasteiger partial charge in [-0.05, 0) is 36.6 Å². The van der Waals surface area contributed by atoms with Crippen molar-refractivity contribution in [3.8, 4) is 11.8 Å². The Hall–Kier alpha value is -3.80. The molecule has 1 atom stereocenters. The number of nitriles is 1. The number of aryl methyl sites for hydroxylation is 1. The fourth-order valence-corrected chi connectivity index (χ4v) is 2.94. The molecule has 1 aromatic heterocycles. The molecule has 9 heteroatoms. The fourth-order valence-electron chi connectivity index (χ4n) is 2.94. The van der Waals surface area contributed by atoms with Gasteiger partial charge in [0, 0.05) is 5.56 Å². The summed E-state index contributed by atoms with van der Waals surface area (Å²) < 4.78 is 41.6. The van der Waals surface area contributed by atoms with Crippen LogP contribution in [0.4, 0.5) is 19.0 Å². The molecule has 0 saturated carbocycles. The summed E-state index contributed by atoms with van der Waals surface area (Å²) in [6.45, 7) is 0. The first-order chi connectivity index (χ1) is 14.3. The molecule has 0 saturated heterocycles. The van der Waals surface area contributed by atoms with Crippen molar-refractivity contribution in [1.29, 1.82) is 5.26 Å². The second-order valence-electron chi connectivity index (χ2n) is 6.61. The number of nitrogens with two attached hydrogens (primary N) is 1. The van der Waals surface area contributed by atoms with Gasteiger partial charge >= 0.3 is 6.18 Å². The van der Waals surface area contributed by atoms with Gasteiger partial charge in [0.1, 0.15) is 23.5 Å². The predicted molar refractivity (Wildman–Crippen MR) is 105 cm³/mol. The van der Waals surface area contributed by atoms with E-state index >= 15 is 0 Å². The molecule has 154 valence electrons. The van der Waals surface area contributed by atoms with E-state index in [0.717, 1.165) is 5.56 Å². The molecule has 6 nitrogen and oxygen atoms in total. The zero-order valence-electron chi connectivity index (χ0n) is 15.7. The maximum absolute atomic E-state index is 13.5. The quantitative estimate of drug-likeness (QED) is 0.645. The zero-order chi connectivity index (χ0) is 21.7. The lowest BCUT2D eigenvalue weighted by atomic mass is 10.0. The second-order valence-corrected chi connectivity index (χ2v) is 6.61. The Bertz CT molecular complexity index is 1070. The number of halogens is 3. The van der Waals surface area contributed by atoms with E-state index in [2.05, 4.69) is 10.4 Å². The van der Waals surface area contributed by atoms with Crippen molar-refractivity contribution in [2.24, 2.45) is 0 Å². The number of rotatable bonds is 6. The summed E-state index contributed by atoms with van der Waals surface area (Å²) in [6.07, 6.45) is -3.43. The van der Waals surface area contributed by atoms with Crippen molar-refractivity contribution in [2.45, 2.75) is 25.1 Å². The first-order valence-corrected chi connectivity index (χ1v) is 9.05. The Morgan fingerprint density at radius 2 is 1.93 bits per heavy atom. The number of carbonyl (C=O) groups excluding carboxylic acids is 1. The van der Waals surface area contributed by atoms with E-state index in [9.17, 15) is 18.0 Å². The highest BCUT2D eigenvalue weighted by Crippen LogP contribution is 2.25. The molecule has 3 aromatic rings. The van der Waals surface area contributed by atoms with Crippen molar-refractivity contribution in [3.05, 3.63) is 77.5 Å². The van der Waals surface area contributed by atoms with Gasteiger partial charge in [-0.25, -0.2) is 4.68 Å². The van der Waals surface area contributed by atoms with Crippen LogP contribution in [0.25, 0.3) is 5.69 Å². The Morgan fingerprint density at radius 3 is 2.57 bits per heavy atom. The number of hydrogen-bond acceptors (Lipinski definition) is 4. The molecular weight excluding hydrogens is 395 g/mol. The standard InChI is InChI=1S/C21H18F3N5O/c22-21(23,24)18(10-9-14-5-2-1-3-6-14)28-20(30)15-7-4-8-17(11-15)29-19(26)16(12-25)13-27-29/h1-8,11,13,18H,9-10,26H2,(H,28,30). The number of nitrogens with one attached hydrogen (secondary N) is 1. The molecule has 0 fully saturated rings. The molecule has 1 heterocycles. The van der Waals surface area contributed by atoms with E-state index in [-0.39, 0.29) is 29.8 Å². The number of alkyl halides is 3. The molecule has 0 aliphatic heterocycles. The normalized spacial score (nSPS) is 12.2.